The Kier molecular flexibility index (Phi) is 3.76. The molecule has 1 N–H and O–H groups in total. The van der Waals surface area contributed by atoms with Gasteiger partial charge in [0.15, 0.2) is 0 Å². The van der Waals surface area contributed by atoms with Crippen LogP contribution < -0.4 is 0 Å². The second-order valence-corrected chi connectivity index (χ2v) is 4.28. The Morgan fingerprint density at radius 3 is 3.19 bits per heavy atom. The number of hydrogen-bond donors (Lipinski definition) is 1. The normalized spacial score (nSPS) is 9.81. The van der Waals surface area contributed by atoms with Crippen LogP contribution in [-0.4, -0.2) is 21.5 Å². The van der Waals surface area contributed by atoms with Gasteiger partial charge in [0.1, 0.15) is 0 Å². The van der Waals surface area contributed by atoms with Gasteiger partial charge in [-0.2, -0.15) is 5.10 Å². The molecule has 0 bridgehead atoms. The minimum atomic E-state index is 0.122. The van der Waals surface area contributed by atoms with Crippen LogP contribution in [0, 0.1) is 11.8 Å². The Labute approximate surface area is 98.4 Å². The summed E-state index contributed by atoms with van der Waals surface area (Å²) >= 11 is 1.68. The minimum absolute atomic E-state index is 0.122. The van der Waals surface area contributed by atoms with Crippen LogP contribution in [0.5, 0.6) is 0 Å². The molecule has 0 radical (unpaired) electrons. The highest BCUT2D eigenvalue weighted by molar-refractivity contribution is 7.10. The topological polar surface area (TPSA) is 38.0 Å². The van der Waals surface area contributed by atoms with E-state index in [2.05, 4.69) is 23.0 Å². The third kappa shape index (κ3) is 2.96. The van der Waals surface area contributed by atoms with Crippen LogP contribution in [0.25, 0.3) is 0 Å². The van der Waals surface area contributed by atoms with Crippen molar-refractivity contribution in [3.05, 3.63) is 40.3 Å². The van der Waals surface area contributed by atoms with Gasteiger partial charge >= 0.3 is 0 Å². The monoisotopic (exact) mass is 232 g/mol. The molecule has 2 aromatic rings. The Morgan fingerprint density at radius 1 is 1.50 bits per heavy atom. The van der Waals surface area contributed by atoms with Gasteiger partial charge < -0.3 is 5.11 Å². The standard InChI is InChI=1S/C12H12N2OS/c15-7-2-1-4-11-8-12(16-10-11)9-14-6-3-5-13-14/h3,5-6,8,10,15H,2,7,9H2. The van der Waals surface area contributed by atoms with Gasteiger partial charge in [-0.1, -0.05) is 11.8 Å². The van der Waals surface area contributed by atoms with E-state index >= 15 is 0 Å². The quantitative estimate of drug-likeness (QED) is 0.818. The summed E-state index contributed by atoms with van der Waals surface area (Å²) in [6, 6.07) is 3.98. The van der Waals surface area contributed by atoms with Crippen LogP contribution in [-0.2, 0) is 6.54 Å². The van der Waals surface area contributed by atoms with Gasteiger partial charge in [-0.25, -0.2) is 0 Å². The smallest absolute Gasteiger partial charge is 0.0752 e. The Balaban J connectivity index is 2.00. The molecule has 4 heteroatoms. The van der Waals surface area contributed by atoms with Crippen molar-refractivity contribution in [1.82, 2.24) is 9.78 Å². The molecule has 2 aromatic heterocycles. The maximum atomic E-state index is 8.61. The lowest BCUT2D eigenvalue weighted by Crippen LogP contribution is -1.97. The predicted octanol–water partition coefficient (Wildman–Crippen LogP) is 1.73. The van der Waals surface area contributed by atoms with Crippen molar-refractivity contribution < 1.29 is 5.11 Å². The van der Waals surface area contributed by atoms with Crippen LogP contribution in [0.15, 0.2) is 29.9 Å². The molecular formula is C12H12N2OS. The largest absolute Gasteiger partial charge is 0.395 e. The lowest BCUT2D eigenvalue weighted by Gasteiger charge is -1.95. The van der Waals surface area contributed by atoms with E-state index in [1.165, 1.54) is 4.88 Å². The molecular weight excluding hydrogens is 220 g/mol. The zero-order chi connectivity index (χ0) is 11.2. The summed E-state index contributed by atoms with van der Waals surface area (Å²) < 4.78 is 1.89. The molecule has 0 aromatic carbocycles. The van der Waals surface area contributed by atoms with Crippen LogP contribution in [0.3, 0.4) is 0 Å². The van der Waals surface area contributed by atoms with Crippen molar-refractivity contribution >= 4 is 11.3 Å². The molecule has 0 saturated carbocycles. The van der Waals surface area contributed by atoms with Gasteiger partial charge in [0.25, 0.3) is 0 Å². The Morgan fingerprint density at radius 2 is 2.44 bits per heavy atom. The van der Waals surface area contributed by atoms with E-state index in [0.29, 0.717) is 6.42 Å². The van der Waals surface area contributed by atoms with E-state index in [1.807, 2.05) is 22.3 Å². The zero-order valence-electron chi connectivity index (χ0n) is 8.76. The molecule has 2 rings (SSSR count). The van der Waals surface area contributed by atoms with E-state index in [-0.39, 0.29) is 6.61 Å². The van der Waals surface area contributed by atoms with E-state index in [4.69, 9.17) is 5.11 Å². The first-order valence-corrected chi connectivity index (χ1v) is 5.91. The van der Waals surface area contributed by atoms with Crippen molar-refractivity contribution in [3.8, 4) is 11.8 Å². The van der Waals surface area contributed by atoms with Crippen molar-refractivity contribution in [3.63, 3.8) is 0 Å². The molecule has 0 spiro atoms. The van der Waals surface area contributed by atoms with Crippen molar-refractivity contribution in [2.45, 2.75) is 13.0 Å². The molecule has 2 heterocycles. The highest BCUT2D eigenvalue weighted by Gasteiger charge is 1.98. The van der Waals surface area contributed by atoms with Crippen molar-refractivity contribution in [1.29, 1.82) is 0 Å². The Bertz CT molecular complexity index is 491. The summed E-state index contributed by atoms with van der Waals surface area (Å²) in [5.41, 5.74) is 1.01. The van der Waals surface area contributed by atoms with Crippen LogP contribution in [0.4, 0.5) is 0 Å². The van der Waals surface area contributed by atoms with E-state index < -0.39 is 0 Å². The molecule has 0 fully saturated rings. The van der Waals surface area contributed by atoms with Crippen LogP contribution in [0.2, 0.25) is 0 Å². The molecule has 0 atom stereocenters. The van der Waals surface area contributed by atoms with Gasteiger partial charge in [-0.15, -0.1) is 11.3 Å². The van der Waals surface area contributed by atoms with Crippen molar-refractivity contribution in [2.24, 2.45) is 0 Å². The SMILES string of the molecule is OCCC#Cc1csc(Cn2cccn2)c1. The lowest BCUT2D eigenvalue weighted by atomic mass is 10.3. The number of rotatable bonds is 3. The van der Waals surface area contributed by atoms with Gasteiger partial charge in [0, 0.05) is 34.6 Å². The first-order valence-electron chi connectivity index (χ1n) is 5.03. The summed E-state index contributed by atoms with van der Waals surface area (Å²) in [7, 11) is 0. The first kappa shape index (κ1) is 10.9. The third-order valence-electron chi connectivity index (χ3n) is 2.00. The maximum absolute atomic E-state index is 8.61. The number of nitrogens with zero attached hydrogens (tertiary/aromatic N) is 2. The summed E-state index contributed by atoms with van der Waals surface area (Å²) in [4.78, 5) is 1.23. The van der Waals surface area contributed by atoms with Gasteiger partial charge in [0.05, 0.1) is 13.2 Å². The highest BCUT2D eigenvalue weighted by Crippen LogP contribution is 2.14. The fraction of sp³-hybridized carbons (Fsp3) is 0.250. The van der Waals surface area contributed by atoms with Gasteiger partial charge in [-0.3, -0.25) is 4.68 Å². The molecule has 0 saturated heterocycles. The first-order chi connectivity index (χ1) is 7.88. The van der Waals surface area contributed by atoms with Gasteiger partial charge in [0.2, 0.25) is 0 Å². The molecule has 0 aliphatic rings. The molecule has 3 nitrogen and oxygen atoms in total. The van der Waals surface area contributed by atoms with E-state index in [0.717, 1.165) is 12.1 Å². The van der Waals surface area contributed by atoms with E-state index in [1.54, 1.807) is 17.5 Å². The van der Waals surface area contributed by atoms with Crippen molar-refractivity contribution in [2.75, 3.05) is 6.61 Å². The summed E-state index contributed by atoms with van der Waals surface area (Å²) in [6.07, 6.45) is 4.25. The molecule has 82 valence electrons. The zero-order valence-corrected chi connectivity index (χ0v) is 9.57. The molecule has 0 aliphatic carbocycles. The molecule has 0 amide bonds. The number of aliphatic hydroxyl groups excluding tert-OH is 1. The third-order valence-corrected chi connectivity index (χ3v) is 2.92. The maximum Gasteiger partial charge on any atom is 0.0752 e. The molecule has 0 unspecified atom stereocenters. The van der Waals surface area contributed by atoms with Gasteiger partial charge in [-0.05, 0) is 12.1 Å². The average molecular weight is 232 g/mol. The van der Waals surface area contributed by atoms with Crippen LogP contribution >= 0.6 is 11.3 Å². The summed E-state index contributed by atoms with van der Waals surface area (Å²) in [6.45, 7) is 0.913. The predicted molar refractivity (Wildman–Crippen MR) is 64.2 cm³/mol. The van der Waals surface area contributed by atoms with E-state index in [9.17, 15) is 0 Å². The molecule has 16 heavy (non-hydrogen) atoms. The second-order valence-electron chi connectivity index (χ2n) is 3.28. The molecule has 0 aliphatic heterocycles. The number of aromatic nitrogens is 2. The van der Waals surface area contributed by atoms with Crippen LogP contribution in [0.1, 0.15) is 16.9 Å². The Hall–Kier alpha value is -1.57. The summed E-state index contributed by atoms with van der Waals surface area (Å²) in [5, 5.41) is 14.8. The number of aliphatic hydroxyl groups is 1. The lowest BCUT2D eigenvalue weighted by molar-refractivity contribution is 0.305. The highest BCUT2D eigenvalue weighted by atomic mass is 32.1. The average Bonchev–Trinajstić information content (AvgIpc) is 2.91. The fourth-order valence-corrected chi connectivity index (χ4v) is 2.11. The fourth-order valence-electron chi connectivity index (χ4n) is 1.30. The second kappa shape index (κ2) is 5.50. The summed E-state index contributed by atoms with van der Waals surface area (Å²) in [5.74, 6) is 5.92. The number of hydrogen-bond acceptors (Lipinski definition) is 3. The minimum Gasteiger partial charge on any atom is -0.395 e. The number of thiophene rings is 1.